The van der Waals surface area contributed by atoms with Crippen LogP contribution < -0.4 is 4.74 Å². The molecule has 0 saturated carbocycles. The average Bonchev–Trinajstić information content (AvgIpc) is 2.57. The quantitative estimate of drug-likeness (QED) is 0.639. The maximum absolute atomic E-state index is 13.1. The van der Waals surface area contributed by atoms with Gasteiger partial charge in [-0.15, -0.1) is 0 Å². The zero-order valence-electron chi connectivity index (χ0n) is 9.75. The number of benzene rings is 1. The van der Waals surface area contributed by atoms with Crippen molar-refractivity contribution < 1.29 is 19.2 Å². The number of likely N-dealkylation sites (N-methyl/N-ethyl adjacent to an activating group) is 1. The first kappa shape index (κ1) is 12.7. The molecule has 0 bridgehead atoms. The second-order valence-corrected chi connectivity index (χ2v) is 4.31. The lowest BCUT2D eigenvalue weighted by atomic mass is 10.2. The van der Waals surface area contributed by atoms with Gasteiger partial charge in [-0.1, -0.05) is 0 Å². The molecule has 0 radical (unpaired) electrons. The fourth-order valence-electron chi connectivity index (χ4n) is 1.95. The Morgan fingerprint density at radius 1 is 1.56 bits per heavy atom. The number of β-amino-alcohol motifs (C(OH)–C–C–N with tert-alkyl or cyclic N) is 1. The van der Waals surface area contributed by atoms with Crippen LogP contribution in [-0.2, 0) is 0 Å². The van der Waals surface area contributed by atoms with E-state index in [2.05, 4.69) is 0 Å². The van der Waals surface area contributed by atoms with Crippen molar-refractivity contribution in [3.05, 3.63) is 34.1 Å². The van der Waals surface area contributed by atoms with E-state index in [-0.39, 0.29) is 11.4 Å². The molecule has 0 unspecified atom stereocenters. The van der Waals surface area contributed by atoms with Crippen LogP contribution in [0.25, 0.3) is 0 Å². The van der Waals surface area contributed by atoms with E-state index in [0.29, 0.717) is 13.1 Å². The van der Waals surface area contributed by atoms with Crippen LogP contribution in [0.15, 0.2) is 18.2 Å². The number of rotatable bonds is 3. The van der Waals surface area contributed by atoms with Crippen LogP contribution in [0.3, 0.4) is 0 Å². The number of halogens is 1. The monoisotopic (exact) mass is 256 g/mol. The second-order valence-electron chi connectivity index (χ2n) is 4.31. The van der Waals surface area contributed by atoms with Gasteiger partial charge in [0.15, 0.2) is 5.75 Å². The first-order chi connectivity index (χ1) is 8.47. The number of aliphatic hydroxyl groups excluding tert-OH is 1. The molecule has 1 aliphatic rings. The van der Waals surface area contributed by atoms with Gasteiger partial charge in [0.1, 0.15) is 18.0 Å². The zero-order valence-corrected chi connectivity index (χ0v) is 9.75. The number of nitro groups is 1. The van der Waals surface area contributed by atoms with Gasteiger partial charge < -0.3 is 9.84 Å². The number of nitrogens with zero attached hydrogens (tertiary/aromatic N) is 2. The van der Waals surface area contributed by atoms with E-state index in [0.717, 1.165) is 18.2 Å². The maximum Gasteiger partial charge on any atom is 0.311 e. The van der Waals surface area contributed by atoms with Crippen LogP contribution in [-0.4, -0.2) is 47.3 Å². The van der Waals surface area contributed by atoms with E-state index in [1.165, 1.54) is 0 Å². The Kier molecular flexibility index (Phi) is 3.44. The van der Waals surface area contributed by atoms with Crippen molar-refractivity contribution in [1.82, 2.24) is 4.90 Å². The van der Waals surface area contributed by atoms with E-state index >= 15 is 0 Å². The van der Waals surface area contributed by atoms with Gasteiger partial charge in [-0.05, 0) is 13.1 Å². The van der Waals surface area contributed by atoms with Crippen molar-refractivity contribution >= 4 is 5.69 Å². The van der Waals surface area contributed by atoms with Crippen LogP contribution in [0.2, 0.25) is 0 Å². The van der Waals surface area contributed by atoms with Crippen LogP contribution in [0, 0.1) is 15.9 Å². The Balaban J connectivity index is 2.22. The highest BCUT2D eigenvalue weighted by Gasteiger charge is 2.32. The fraction of sp³-hybridized carbons (Fsp3) is 0.455. The van der Waals surface area contributed by atoms with Crippen molar-refractivity contribution in [2.75, 3.05) is 20.1 Å². The summed E-state index contributed by atoms with van der Waals surface area (Å²) in [6.45, 7) is 0.864. The van der Waals surface area contributed by atoms with E-state index in [4.69, 9.17) is 4.74 Å². The predicted octanol–water partition coefficient (Wildman–Crippen LogP) is 0.788. The van der Waals surface area contributed by atoms with Gasteiger partial charge in [-0.25, -0.2) is 4.39 Å². The van der Waals surface area contributed by atoms with Crippen molar-refractivity contribution in [3.63, 3.8) is 0 Å². The van der Waals surface area contributed by atoms with Gasteiger partial charge in [0.25, 0.3) is 0 Å². The lowest BCUT2D eigenvalue weighted by molar-refractivity contribution is -0.386. The summed E-state index contributed by atoms with van der Waals surface area (Å²) in [5.41, 5.74) is -0.307. The van der Waals surface area contributed by atoms with Gasteiger partial charge in [-0.3, -0.25) is 15.0 Å². The Labute approximate surface area is 103 Å². The number of likely N-dealkylation sites (tertiary alicyclic amines) is 1. The molecular formula is C11H13FN2O4. The third kappa shape index (κ3) is 2.57. The van der Waals surface area contributed by atoms with Gasteiger partial charge in [0.2, 0.25) is 0 Å². The normalized spacial score (nSPS) is 24.2. The number of aliphatic hydroxyl groups is 1. The molecule has 1 aromatic carbocycles. The van der Waals surface area contributed by atoms with E-state index in [9.17, 15) is 19.6 Å². The molecule has 18 heavy (non-hydrogen) atoms. The molecule has 98 valence electrons. The summed E-state index contributed by atoms with van der Waals surface area (Å²) in [6, 6.07) is 3.01. The smallest absolute Gasteiger partial charge is 0.311 e. The van der Waals surface area contributed by atoms with Gasteiger partial charge in [0.05, 0.1) is 4.92 Å². The summed E-state index contributed by atoms with van der Waals surface area (Å²) in [5, 5.41) is 20.5. The molecule has 0 spiro atoms. The summed E-state index contributed by atoms with van der Waals surface area (Å²) in [4.78, 5) is 12.0. The summed E-state index contributed by atoms with van der Waals surface area (Å²) >= 11 is 0. The molecule has 1 aliphatic heterocycles. The summed E-state index contributed by atoms with van der Waals surface area (Å²) in [5.74, 6) is -0.768. The third-order valence-corrected chi connectivity index (χ3v) is 2.82. The molecular weight excluding hydrogens is 243 g/mol. The Bertz CT molecular complexity index is 468. The minimum Gasteiger partial charge on any atom is -0.479 e. The van der Waals surface area contributed by atoms with E-state index < -0.39 is 22.9 Å². The Morgan fingerprint density at radius 3 is 2.83 bits per heavy atom. The maximum atomic E-state index is 13.1. The number of hydrogen-bond acceptors (Lipinski definition) is 5. The highest BCUT2D eigenvalue weighted by molar-refractivity contribution is 5.46. The topological polar surface area (TPSA) is 75.8 Å². The molecule has 0 aliphatic carbocycles. The molecule has 7 heteroatoms. The van der Waals surface area contributed by atoms with Crippen molar-refractivity contribution in [3.8, 4) is 5.75 Å². The van der Waals surface area contributed by atoms with Crippen LogP contribution in [0.5, 0.6) is 5.75 Å². The third-order valence-electron chi connectivity index (χ3n) is 2.82. The first-order valence-corrected chi connectivity index (χ1v) is 5.44. The lowest BCUT2D eigenvalue weighted by Crippen LogP contribution is -2.30. The molecule has 2 rings (SSSR count). The second kappa shape index (κ2) is 4.87. The molecule has 1 heterocycles. The van der Waals surface area contributed by atoms with Crippen molar-refractivity contribution in [2.45, 2.75) is 12.2 Å². The minimum atomic E-state index is -0.738. The summed E-state index contributed by atoms with van der Waals surface area (Å²) in [7, 11) is 1.80. The molecule has 1 aromatic rings. The van der Waals surface area contributed by atoms with Gasteiger partial charge in [0, 0.05) is 25.2 Å². The fourth-order valence-corrected chi connectivity index (χ4v) is 1.95. The van der Waals surface area contributed by atoms with Gasteiger partial charge >= 0.3 is 5.69 Å². The van der Waals surface area contributed by atoms with Crippen molar-refractivity contribution in [1.29, 1.82) is 0 Å². The first-order valence-electron chi connectivity index (χ1n) is 5.44. The number of nitro benzene ring substituents is 1. The zero-order chi connectivity index (χ0) is 13.3. The van der Waals surface area contributed by atoms with Crippen LogP contribution >= 0.6 is 0 Å². The highest BCUT2D eigenvalue weighted by atomic mass is 19.1. The standard InChI is InChI=1S/C11H13FN2O4/c1-13-5-9(15)11(6-13)18-10-4-7(12)2-3-8(10)14(16)17/h2-4,9,11,15H,5-6H2,1H3/t9-,11-/m1/s1. The largest absolute Gasteiger partial charge is 0.479 e. The van der Waals surface area contributed by atoms with Gasteiger partial charge in [-0.2, -0.15) is 0 Å². The minimum absolute atomic E-state index is 0.153. The molecule has 0 aromatic heterocycles. The van der Waals surface area contributed by atoms with Crippen molar-refractivity contribution in [2.24, 2.45) is 0 Å². The van der Waals surface area contributed by atoms with Crippen LogP contribution in [0.4, 0.5) is 10.1 Å². The predicted molar refractivity (Wildman–Crippen MR) is 61.0 cm³/mol. The SMILES string of the molecule is CN1C[C@@H](O)[C@H](Oc2cc(F)ccc2[N+](=O)[O-])C1. The Morgan fingerprint density at radius 2 is 2.28 bits per heavy atom. The molecule has 1 fully saturated rings. The van der Waals surface area contributed by atoms with E-state index in [1.807, 2.05) is 4.90 Å². The Hall–Kier alpha value is -1.73. The highest BCUT2D eigenvalue weighted by Crippen LogP contribution is 2.29. The molecule has 1 N–H and O–H groups in total. The summed E-state index contributed by atoms with van der Waals surface area (Å²) < 4.78 is 18.4. The molecule has 0 amide bonds. The van der Waals surface area contributed by atoms with E-state index in [1.54, 1.807) is 7.05 Å². The lowest BCUT2D eigenvalue weighted by Gasteiger charge is -2.16. The number of hydrogen-bond donors (Lipinski definition) is 1. The van der Waals surface area contributed by atoms with Crippen LogP contribution in [0.1, 0.15) is 0 Å². The number of ether oxygens (including phenoxy) is 1. The average molecular weight is 256 g/mol. The summed E-state index contributed by atoms with van der Waals surface area (Å²) in [6.07, 6.45) is -1.33. The molecule has 1 saturated heterocycles. The molecule has 6 nitrogen and oxygen atoms in total. The molecule has 2 atom stereocenters.